The molecule has 4 atom stereocenters. The van der Waals surface area contributed by atoms with Crippen molar-refractivity contribution in [1.29, 1.82) is 0 Å². The van der Waals surface area contributed by atoms with Gasteiger partial charge in [-0.05, 0) is 48.2 Å². The second-order valence-corrected chi connectivity index (χ2v) is 11.9. The summed E-state index contributed by atoms with van der Waals surface area (Å²) in [7, 11) is 0. The predicted octanol–water partition coefficient (Wildman–Crippen LogP) is 3.67. The molecule has 2 aromatic heterocycles. The Labute approximate surface area is 247 Å². The number of nitrogens with one attached hydrogen (secondary N) is 2. The number of nitrogen functional groups attached to an aromatic ring is 1. The molecule has 2 aliphatic rings. The zero-order chi connectivity index (χ0) is 29.6. The molecule has 0 bridgehead atoms. The number of nitrogens with two attached hydrogens (primary N) is 3. The lowest BCUT2D eigenvalue weighted by Crippen LogP contribution is -2.54. The highest BCUT2D eigenvalue weighted by molar-refractivity contribution is 7.21. The molecule has 1 saturated carbocycles. The maximum absolute atomic E-state index is 14.2. The van der Waals surface area contributed by atoms with Crippen LogP contribution in [-0.4, -0.2) is 34.7 Å². The van der Waals surface area contributed by atoms with Crippen molar-refractivity contribution in [2.24, 2.45) is 11.5 Å². The van der Waals surface area contributed by atoms with Gasteiger partial charge in [-0.15, -0.1) is 11.3 Å². The topological polar surface area (TPSA) is 166 Å². The highest BCUT2D eigenvalue weighted by Crippen LogP contribution is 2.49. The molecule has 6 rings (SSSR count). The average Bonchev–Trinajstić information content (AvgIpc) is 3.43. The van der Waals surface area contributed by atoms with Gasteiger partial charge < -0.3 is 27.8 Å². The summed E-state index contributed by atoms with van der Waals surface area (Å²) in [5, 5.41) is 6.67. The summed E-state index contributed by atoms with van der Waals surface area (Å²) < 4.78 is 0.655. The summed E-state index contributed by atoms with van der Waals surface area (Å²) in [5.74, 6) is -1.06. The van der Waals surface area contributed by atoms with Gasteiger partial charge >= 0.3 is 0 Å². The zero-order valence-corrected chi connectivity index (χ0v) is 23.7. The molecule has 8 N–H and O–H groups in total. The van der Waals surface area contributed by atoms with Crippen LogP contribution in [0.1, 0.15) is 58.1 Å². The number of aromatic nitrogens is 1. The third-order valence-electron chi connectivity index (χ3n) is 8.40. The van der Waals surface area contributed by atoms with Gasteiger partial charge in [0.15, 0.2) is 5.78 Å². The first-order valence-electron chi connectivity index (χ1n) is 13.9. The van der Waals surface area contributed by atoms with E-state index in [1.165, 1.54) is 17.4 Å². The number of anilines is 1. The number of benzene rings is 2. The number of nitrogens with zero attached hydrogens (tertiary/aromatic N) is 1. The van der Waals surface area contributed by atoms with Crippen molar-refractivity contribution in [2.45, 2.75) is 49.3 Å². The summed E-state index contributed by atoms with van der Waals surface area (Å²) in [6.07, 6.45) is 6.18. The third-order valence-corrected chi connectivity index (χ3v) is 9.65. The van der Waals surface area contributed by atoms with Crippen molar-refractivity contribution < 1.29 is 14.4 Å². The van der Waals surface area contributed by atoms with Crippen LogP contribution in [0.25, 0.3) is 21.3 Å². The van der Waals surface area contributed by atoms with Gasteiger partial charge in [-0.3, -0.25) is 19.4 Å². The number of ketones is 1. The van der Waals surface area contributed by atoms with E-state index in [4.69, 9.17) is 17.2 Å². The van der Waals surface area contributed by atoms with Crippen molar-refractivity contribution in [3.05, 3.63) is 95.0 Å². The minimum Gasteiger partial charge on any atom is -0.398 e. The normalized spacial score (nSPS) is 23.4. The fourth-order valence-corrected chi connectivity index (χ4v) is 7.44. The molecule has 0 saturated heterocycles. The van der Waals surface area contributed by atoms with Crippen LogP contribution in [0.5, 0.6) is 0 Å². The number of pyridine rings is 1. The Morgan fingerprint density at radius 1 is 1.05 bits per heavy atom. The maximum atomic E-state index is 14.2. The van der Waals surface area contributed by atoms with E-state index in [1.54, 1.807) is 24.4 Å². The molecule has 1 fully saturated rings. The highest BCUT2D eigenvalue weighted by atomic mass is 32.1. The van der Waals surface area contributed by atoms with E-state index in [9.17, 15) is 14.4 Å². The minimum atomic E-state index is -1.58. The number of thiophene rings is 1. The maximum Gasteiger partial charge on any atom is 0.262 e. The summed E-state index contributed by atoms with van der Waals surface area (Å²) in [6.45, 7) is 3.53. The van der Waals surface area contributed by atoms with Crippen LogP contribution < -0.4 is 27.8 Å². The van der Waals surface area contributed by atoms with E-state index < -0.39 is 17.4 Å². The molecule has 42 heavy (non-hydrogen) atoms. The second-order valence-electron chi connectivity index (χ2n) is 10.9. The van der Waals surface area contributed by atoms with Crippen molar-refractivity contribution in [1.82, 2.24) is 15.6 Å². The van der Waals surface area contributed by atoms with Crippen LogP contribution in [0.15, 0.2) is 73.4 Å². The van der Waals surface area contributed by atoms with Gasteiger partial charge in [0.25, 0.3) is 5.91 Å². The lowest BCUT2D eigenvalue weighted by Gasteiger charge is -2.37. The molecule has 2 aliphatic carbocycles. The molecule has 2 aromatic carbocycles. The largest absolute Gasteiger partial charge is 0.398 e. The van der Waals surface area contributed by atoms with E-state index in [-0.39, 0.29) is 23.9 Å². The van der Waals surface area contributed by atoms with Crippen molar-refractivity contribution in [2.75, 3.05) is 5.73 Å². The van der Waals surface area contributed by atoms with Gasteiger partial charge in [0.1, 0.15) is 5.54 Å². The Hall–Kier alpha value is -4.38. The lowest BCUT2D eigenvalue weighted by atomic mass is 9.70. The number of hydrogen-bond donors (Lipinski definition) is 5. The molecule has 0 spiro atoms. The summed E-state index contributed by atoms with van der Waals surface area (Å²) in [6, 6.07) is 15.0. The summed E-state index contributed by atoms with van der Waals surface area (Å²) >= 11 is 1.21. The summed E-state index contributed by atoms with van der Waals surface area (Å²) in [5.41, 5.74) is 22.1. The number of carbonyl (C=O) groups is 3. The van der Waals surface area contributed by atoms with E-state index in [0.717, 1.165) is 24.8 Å². The number of rotatable bonds is 6. The highest BCUT2D eigenvalue weighted by Gasteiger charge is 2.49. The Morgan fingerprint density at radius 2 is 1.76 bits per heavy atom. The van der Waals surface area contributed by atoms with Crippen LogP contribution in [0.3, 0.4) is 0 Å². The molecule has 2 unspecified atom stereocenters. The average molecular weight is 581 g/mol. The van der Waals surface area contributed by atoms with Gasteiger partial charge in [-0.2, -0.15) is 0 Å². The van der Waals surface area contributed by atoms with Crippen LogP contribution in [0.4, 0.5) is 5.69 Å². The molecule has 2 heterocycles. The smallest absolute Gasteiger partial charge is 0.262 e. The number of Topliss-reactive ketones (excluding diaryl/α,β-unsaturated/α-hetero) is 1. The van der Waals surface area contributed by atoms with Crippen LogP contribution >= 0.6 is 11.3 Å². The predicted molar refractivity (Wildman–Crippen MR) is 165 cm³/mol. The SMILES string of the molecule is C=CC(=O)N[C@H]1CCCC[C@H]1NC(=O)c1sc2c(N)ccc3c2c1C(N)C(=O)C3(N)c1ccnc(-c2ccccc2)c1. The molecular weight excluding hydrogens is 548 g/mol. The molecular formula is C32H32N6O3S. The minimum absolute atomic E-state index is 0.225. The Balaban J connectivity index is 1.44. The standard InChI is InChI=1S/C32H32N6O3S/c1-2-24(39)37-21-10-6-7-11-22(21)38-31(41)29-26-25-19(12-13-20(33)28(25)42-29)32(35,30(40)27(26)34)18-14-15-36-23(16-18)17-8-4-3-5-9-17/h2-5,8-9,12-16,21-22,27H,1,6-7,10-11,33-35H2,(H,37,39)(H,38,41)/t21-,22+,27?,32?/m0/s1. The van der Waals surface area contributed by atoms with Crippen molar-refractivity contribution in [3.8, 4) is 11.3 Å². The van der Waals surface area contributed by atoms with Gasteiger partial charge in [0, 0.05) is 40.5 Å². The van der Waals surface area contributed by atoms with Crippen molar-refractivity contribution >= 4 is 44.7 Å². The molecule has 10 heteroatoms. The molecule has 214 valence electrons. The van der Waals surface area contributed by atoms with Gasteiger partial charge in [-0.25, -0.2) is 0 Å². The van der Waals surface area contributed by atoms with Gasteiger partial charge in [0.05, 0.1) is 21.3 Å². The second kappa shape index (κ2) is 10.8. The Morgan fingerprint density at radius 3 is 2.48 bits per heavy atom. The fourth-order valence-electron chi connectivity index (χ4n) is 6.24. The number of amides is 2. The fraction of sp³-hybridized carbons (Fsp3) is 0.250. The molecule has 2 amide bonds. The number of carbonyl (C=O) groups excluding carboxylic acids is 3. The Kier molecular flexibility index (Phi) is 7.14. The molecule has 0 aliphatic heterocycles. The van der Waals surface area contributed by atoms with Crippen LogP contribution in [-0.2, 0) is 15.1 Å². The monoisotopic (exact) mass is 580 g/mol. The van der Waals surface area contributed by atoms with Crippen molar-refractivity contribution in [3.63, 3.8) is 0 Å². The van der Waals surface area contributed by atoms with E-state index >= 15 is 0 Å². The van der Waals surface area contributed by atoms with Crippen LogP contribution in [0, 0.1) is 0 Å². The van der Waals surface area contributed by atoms with Gasteiger partial charge in [-0.1, -0.05) is 55.8 Å². The van der Waals surface area contributed by atoms with E-state index in [0.29, 0.717) is 49.5 Å². The van der Waals surface area contributed by atoms with E-state index in [1.807, 2.05) is 36.4 Å². The first kappa shape index (κ1) is 27.8. The molecule has 0 radical (unpaired) electrons. The van der Waals surface area contributed by atoms with Gasteiger partial charge in [0.2, 0.25) is 5.91 Å². The van der Waals surface area contributed by atoms with Crippen LogP contribution in [0.2, 0.25) is 0 Å². The first-order chi connectivity index (χ1) is 20.2. The quantitative estimate of drug-likeness (QED) is 0.171. The molecule has 4 aromatic rings. The van der Waals surface area contributed by atoms with E-state index in [2.05, 4.69) is 22.2 Å². The summed E-state index contributed by atoms with van der Waals surface area (Å²) in [4.78, 5) is 44.8. The lowest BCUT2D eigenvalue weighted by molar-refractivity contribution is -0.124. The molecule has 9 nitrogen and oxygen atoms in total. The number of hydrogen-bond acceptors (Lipinski definition) is 8. The zero-order valence-electron chi connectivity index (χ0n) is 22.9. The third kappa shape index (κ3) is 4.48. The Bertz CT molecular complexity index is 1740. The first-order valence-corrected chi connectivity index (χ1v) is 14.8.